The van der Waals surface area contributed by atoms with Crippen LogP contribution < -0.4 is 26.0 Å². The van der Waals surface area contributed by atoms with Crippen LogP contribution in [0.3, 0.4) is 0 Å². The molecule has 4 aromatic carbocycles. The van der Waals surface area contributed by atoms with Crippen LogP contribution in [-0.4, -0.2) is 35.5 Å². The van der Waals surface area contributed by atoms with Crippen molar-refractivity contribution >= 4 is 58.5 Å². The highest BCUT2D eigenvalue weighted by atomic mass is 32.2. The minimum Gasteiger partial charge on any atom is -0.494 e. The lowest BCUT2D eigenvalue weighted by Crippen LogP contribution is -2.30. The van der Waals surface area contributed by atoms with Crippen LogP contribution in [0.5, 0.6) is 5.75 Å². The Labute approximate surface area is 272 Å². The van der Waals surface area contributed by atoms with Crippen LogP contribution in [0, 0.1) is 0 Å². The van der Waals surface area contributed by atoms with Crippen molar-refractivity contribution in [2.45, 2.75) is 37.3 Å². The number of anilines is 3. The smallest absolute Gasteiger partial charge is 0.272 e. The van der Waals surface area contributed by atoms with Crippen LogP contribution in [0.4, 0.5) is 17.1 Å². The highest BCUT2D eigenvalue weighted by Crippen LogP contribution is 2.29. The number of hydrogen-bond donors (Lipinski definition) is 4. The van der Waals surface area contributed by atoms with E-state index < -0.39 is 17.1 Å². The van der Waals surface area contributed by atoms with E-state index >= 15 is 0 Å². The molecule has 0 aromatic heterocycles. The summed E-state index contributed by atoms with van der Waals surface area (Å²) in [5.41, 5.74) is 2.94. The molecule has 0 saturated carbocycles. The fourth-order valence-electron chi connectivity index (χ4n) is 4.33. The summed E-state index contributed by atoms with van der Waals surface area (Å²) in [6.45, 7) is 5.79. The first-order valence-electron chi connectivity index (χ1n) is 14.8. The number of hydrogen-bond acceptors (Lipinski definition) is 6. The van der Waals surface area contributed by atoms with Gasteiger partial charge in [0.25, 0.3) is 11.8 Å². The average Bonchev–Trinajstić information content (AvgIpc) is 3.05. The lowest BCUT2D eigenvalue weighted by atomic mass is 10.1. The van der Waals surface area contributed by atoms with E-state index in [1.807, 2.05) is 26.0 Å². The first kappa shape index (κ1) is 33.5. The normalized spacial score (nSPS) is 11.6. The first-order valence-corrected chi connectivity index (χ1v) is 15.7. The summed E-state index contributed by atoms with van der Waals surface area (Å²) in [6, 6.07) is 29.9. The SMILES string of the molecule is CCOc1ccc(/C=C(/NC(=O)c2ccccc2)C(=O)Nc2cccc(SC(CC)C(=O)Nc3ccc(NC(C)=O)cc3)c2)cc1. The number of amides is 4. The van der Waals surface area contributed by atoms with Crippen molar-refractivity contribution in [1.29, 1.82) is 0 Å². The molecule has 10 heteroatoms. The summed E-state index contributed by atoms with van der Waals surface area (Å²) in [5, 5.41) is 10.8. The van der Waals surface area contributed by atoms with Gasteiger partial charge in [-0.25, -0.2) is 0 Å². The summed E-state index contributed by atoms with van der Waals surface area (Å²) in [4.78, 5) is 51.7. The van der Waals surface area contributed by atoms with Gasteiger partial charge in [-0.2, -0.15) is 0 Å². The van der Waals surface area contributed by atoms with Gasteiger partial charge in [-0.15, -0.1) is 11.8 Å². The Morgan fingerprint density at radius 2 is 1.43 bits per heavy atom. The summed E-state index contributed by atoms with van der Waals surface area (Å²) in [7, 11) is 0. The summed E-state index contributed by atoms with van der Waals surface area (Å²) in [6.07, 6.45) is 2.17. The molecule has 9 nitrogen and oxygen atoms in total. The second kappa shape index (κ2) is 16.6. The molecule has 0 radical (unpaired) electrons. The zero-order valence-corrected chi connectivity index (χ0v) is 26.6. The molecule has 1 unspecified atom stereocenters. The number of carbonyl (C=O) groups excluding carboxylic acids is 4. The van der Waals surface area contributed by atoms with Gasteiger partial charge in [0.2, 0.25) is 11.8 Å². The molecule has 0 spiro atoms. The Balaban J connectivity index is 1.47. The molecular formula is C36H36N4O5S. The van der Waals surface area contributed by atoms with E-state index in [-0.39, 0.29) is 17.5 Å². The van der Waals surface area contributed by atoms with Crippen LogP contribution in [-0.2, 0) is 14.4 Å². The van der Waals surface area contributed by atoms with Gasteiger partial charge in [0.1, 0.15) is 11.4 Å². The van der Waals surface area contributed by atoms with E-state index in [9.17, 15) is 19.2 Å². The lowest BCUT2D eigenvalue weighted by molar-refractivity contribution is -0.116. The molecule has 236 valence electrons. The number of benzene rings is 4. The summed E-state index contributed by atoms with van der Waals surface area (Å²) in [5.74, 6) is -0.563. The maximum atomic E-state index is 13.5. The molecule has 0 aliphatic rings. The minimum atomic E-state index is -0.507. The second-order valence-electron chi connectivity index (χ2n) is 10.1. The topological polar surface area (TPSA) is 126 Å². The van der Waals surface area contributed by atoms with Crippen molar-refractivity contribution in [3.63, 3.8) is 0 Å². The van der Waals surface area contributed by atoms with Crippen molar-refractivity contribution < 1.29 is 23.9 Å². The van der Waals surface area contributed by atoms with E-state index in [0.717, 1.165) is 4.90 Å². The highest BCUT2D eigenvalue weighted by molar-refractivity contribution is 8.00. The van der Waals surface area contributed by atoms with Gasteiger partial charge in [0.05, 0.1) is 11.9 Å². The number of carbonyl (C=O) groups is 4. The third-order valence-corrected chi connectivity index (χ3v) is 7.90. The maximum Gasteiger partial charge on any atom is 0.272 e. The lowest BCUT2D eigenvalue weighted by Gasteiger charge is -2.16. The van der Waals surface area contributed by atoms with Gasteiger partial charge >= 0.3 is 0 Å². The Kier molecular flexibility index (Phi) is 12.1. The number of nitrogens with one attached hydrogen (secondary N) is 4. The Bertz CT molecular complexity index is 1690. The molecule has 0 aliphatic heterocycles. The van der Waals surface area contributed by atoms with Crippen LogP contribution >= 0.6 is 11.8 Å². The zero-order valence-electron chi connectivity index (χ0n) is 25.8. The standard InChI is InChI=1S/C36H36N4O5S/c1-4-33(36(44)38-28-18-16-27(17-19-28)37-24(3)41)46-31-13-9-12-29(23-31)39-35(43)32(40-34(42)26-10-7-6-8-11-26)22-25-14-20-30(21-15-25)45-5-2/h6-23,33H,4-5H2,1-3H3,(H,37,41)(H,38,44)(H,39,43)(H,40,42)/b32-22+. The molecule has 1 atom stereocenters. The van der Waals surface area contributed by atoms with Crippen LogP contribution in [0.1, 0.15) is 43.1 Å². The Hall–Kier alpha value is -5.35. The van der Waals surface area contributed by atoms with Gasteiger partial charge in [-0.1, -0.05) is 43.3 Å². The van der Waals surface area contributed by atoms with Crippen molar-refractivity contribution in [1.82, 2.24) is 5.32 Å². The quantitative estimate of drug-likeness (QED) is 0.0929. The number of thioether (sulfide) groups is 1. The van der Waals surface area contributed by atoms with Crippen LogP contribution in [0.15, 0.2) is 114 Å². The van der Waals surface area contributed by atoms with E-state index in [1.54, 1.807) is 97.1 Å². The predicted molar refractivity (Wildman–Crippen MR) is 184 cm³/mol. The minimum absolute atomic E-state index is 0.0615. The monoisotopic (exact) mass is 636 g/mol. The Morgan fingerprint density at radius 1 is 0.761 bits per heavy atom. The van der Waals surface area contributed by atoms with Crippen molar-refractivity contribution in [3.05, 3.63) is 120 Å². The molecule has 0 heterocycles. The zero-order chi connectivity index (χ0) is 32.9. The van der Waals surface area contributed by atoms with Gasteiger partial charge < -0.3 is 26.0 Å². The van der Waals surface area contributed by atoms with Crippen LogP contribution in [0.25, 0.3) is 6.08 Å². The molecule has 4 N–H and O–H groups in total. The van der Waals surface area contributed by atoms with E-state index in [2.05, 4.69) is 21.3 Å². The maximum absolute atomic E-state index is 13.5. The molecular weight excluding hydrogens is 600 g/mol. The molecule has 46 heavy (non-hydrogen) atoms. The van der Waals surface area contributed by atoms with Gasteiger partial charge in [0, 0.05) is 34.4 Å². The van der Waals surface area contributed by atoms with Gasteiger partial charge in [0.15, 0.2) is 0 Å². The van der Waals surface area contributed by atoms with E-state index in [1.165, 1.54) is 18.7 Å². The molecule has 4 amide bonds. The third kappa shape index (κ3) is 10.1. The average molecular weight is 637 g/mol. The summed E-state index contributed by atoms with van der Waals surface area (Å²) >= 11 is 1.38. The number of ether oxygens (including phenoxy) is 1. The molecule has 0 bridgehead atoms. The Morgan fingerprint density at radius 3 is 2.07 bits per heavy atom. The first-order chi connectivity index (χ1) is 22.2. The van der Waals surface area contributed by atoms with Crippen molar-refractivity contribution in [2.24, 2.45) is 0 Å². The van der Waals surface area contributed by atoms with Gasteiger partial charge in [-0.05, 0) is 91.7 Å². The molecule has 0 aliphatic carbocycles. The molecule has 4 aromatic rings. The number of rotatable bonds is 13. The molecule has 0 saturated heterocycles. The fraction of sp³-hybridized carbons (Fsp3) is 0.167. The fourth-order valence-corrected chi connectivity index (χ4v) is 5.34. The third-order valence-electron chi connectivity index (χ3n) is 6.54. The predicted octanol–water partition coefficient (Wildman–Crippen LogP) is 6.96. The molecule has 4 rings (SSSR count). The van der Waals surface area contributed by atoms with E-state index in [4.69, 9.17) is 4.74 Å². The molecule has 0 fully saturated rings. The van der Waals surface area contributed by atoms with E-state index in [0.29, 0.717) is 47.0 Å². The largest absolute Gasteiger partial charge is 0.494 e. The van der Waals surface area contributed by atoms with Crippen LogP contribution in [0.2, 0.25) is 0 Å². The van der Waals surface area contributed by atoms with Crippen molar-refractivity contribution in [3.8, 4) is 5.75 Å². The summed E-state index contributed by atoms with van der Waals surface area (Å²) < 4.78 is 5.51. The van der Waals surface area contributed by atoms with Gasteiger partial charge in [-0.3, -0.25) is 19.2 Å². The highest BCUT2D eigenvalue weighted by Gasteiger charge is 2.19. The van der Waals surface area contributed by atoms with Crippen molar-refractivity contribution in [2.75, 3.05) is 22.6 Å². The second-order valence-corrected chi connectivity index (χ2v) is 11.4.